The van der Waals surface area contributed by atoms with Gasteiger partial charge in [-0.15, -0.1) is 23.2 Å². The Labute approximate surface area is 68.6 Å². The molecule has 0 radical (unpaired) electrons. The molecule has 0 aliphatic carbocycles. The van der Waals surface area contributed by atoms with Gasteiger partial charge in [0.15, 0.2) is 5.17 Å². The summed E-state index contributed by atoms with van der Waals surface area (Å²) in [5.41, 5.74) is 5.04. The summed E-state index contributed by atoms with van der Waals surface area (Å²) in [4.78, 5) is 0. The summed E-state index contributed by atoms with van der Waals surface area (Å²) < 4.78 is 0. The summed E-state index contributed by atoms with van der Waals surface area (Å²) in [7, 11) is 0. The molecule has 0 rings (SSSR count). The number of alkyl halides is 2. The average molecular weight is 187 g/mol. The van der Waals surface area contributed by atoms with Crippen molar-refractivity contribution in [3.63, 3.8) is 0 Å². The molecule has 5 heteroatoms. The Bertz CT molecular complexity index is 98.6. The van der Waals surface area contributed by atoms with E-state index in [0.29, 0.717) is 11.6 Å². The van der Waals surface area contributed by atoms with E-state index in [9.17, 15) is 0 Å². The molecule has 0 aromatic heterocycles. The molecule has 0 spiro atoms. The molecule has 0 aromatic rings. The summed E-state index contributed by atoms with van der Waals surface area (Å²) in [6.07, 6.45) is 0. The first-order valence-electron chi connectivity index (χ1n) is 2.33. The van der Waals surface area contributed by atoms with E-state index in [1.54, 1.807) is 0 Å². The van der Waals surface area contributed by atoms with Crippen molar-refractivity contribution in [2.45, 2.75) is 5.38 Å². The molecule has 2 nitrogen and oxygen atoms in total. The van der Waals surface area contributed by atoms with E-state index in [1.807, 2.05) is 0 Å². The van der Waals surface area contributed by atoms with Gasteiger partial charge in [0, 0.05) is 11.6 Å². The number of hydrogen-bond donors (Lipinski definition) is 2. The number of nitrogens with one attached hydrogen (secondary N) is 1. The Hall–Kier alpha value is 0.400. The van der Waals surface area contributed by atoms with E-state index in [2.05, 4.69) is 0 Å². The monoisotopic (exact) mass is 186 g/mol. The highest BCUT2D eigenvalue weighted by Gasteiger charge is 2.02. The first kappa shape index (κ1) is 9.40. The van der Waals surface area contributed by atoms with Crippen LogP contribution in [0.4, 0.5) is 0 Å². The number of nitrogens with two attached hydrogens (primary N) is 1. The second-order valence-electron chi connectivity index (χ2n) is 1.43. The van der Waals surface area contributed by atoms with Crippen molar-refractivity contribution >= 4 is 40.1 Å². The maximum absolute atomic E-state index is 6.80. The second kappa shape index (κ2) is 5.21. The molecular formula is C4H8Cl2N2S. The van der Waals surface area contributed by atoms with Crippen LogP contribution in [0.2, 0.25) is 0 Å². The van der Waals surface area contributed by atoms with Gasteiger partial charge in [0.25, 0.3) is 0 Å². The molecular weight excluding hydrogens is 179 g/mol. The third-order valence-corrected chi connectivity index (χ3v) is 2.49. The van der Waals surface area contributed by atoms with Crippen molar-refractivity contribution in [3.8, 4) is 0 Å². The minimum Gasteiger partial charge on any atom is -0.379 e. The first-order chi connectivity index (χ1) is 4.16. The average Bonchev–Trinajstić information content (AvgIpc) is 1.83. The fourth-order valence-corrected chi connectivity index (χ4v) is 1.13. The van der Waals surface area contributed by atoms with Crippen LogP contribution in [0.15, 0.2) is 0 Å². The van der Waals surface area contributed by atoms with Crippen molar-refractivity contribution < 1.29 is 0 Å². The Morgan fingerprint density at radius 1 is 1.78 bits per heavy atom. The molecule has 0 saturated carbocycles. The van der Waals surface area contributed by atoms with Crippen LogP contribution in [-0.2, 0) is 0 Å². The molecule has 0 aliphatic heterocycles. The number of thioether (sulfide) groups is 1. The van der Waals surface area contributed by atoms with E-state index in [1.165, 1.54) is 11.8 Å². The molecule has 9 heavy (non-hydrogen) atoms. The lowest BCUT2D eigenvalue weighted by Gasteiger charge is -2.01. The van der Waals surface area contributed by atoms with E-state index >= 15 is 0 Å². The fourth-order valence-electron chi connectivity index (χ4n) is 0.225. The molecule has 0 aromatic carbocycles. The molecule has 3 N–H and O–H groups in total. The summed E-state index contributed by atoms with van der Waals surface area (Å²) in [5, 5.41) is 6.81. The lowest BCUT2D eigenvalue weighted by molar-refractivity contribution is 1.13. The minimum atomic E-state index is -0.0828. The van der Waals surface area contributed by atoms with Gasteiger partial charge >= 0.3 is 0 Å². The van der Waals surface area contributed by atoms with Crippen LogP contribution in [0.3, 0.4) is 0 Å². The van der Waals surface area contributed by atoms with Crippen LogP contribution in [0.1, 0.15) is 0 Å². The number of halogens is 2. The SMILES string of the molecule is N=C(N)SCC(Cl)CCl. The molecule has 0 heterocycles. The zero-order valence-electron chi connectivity index (χ0n) is 4.73. The Kier molecular flexibility index (Phi) is 5.44. The Morgan fingerprint density at radius 2 is 2.33 bits per heavy atom. The van der Waals surface area contributed by atoms with E-state index in [4.69, 9.17) is 34.3 Å². The van der Waals surface area contributed by atoms with Gasteiger partial charge in [0.05, 0.1) is 5.38 Å². The summed E-state index contributed by atoms with van der Waals surface area (Å²) in [6, 6.07) is 0. The van der Waals surface area contributed by atoms with E-state index in [-0.39, 0.29) is 10.5 Å². The smallest absolute Gasteiger partial charge is 0.151 e. The molecule has 1 atom stereocenters. The maximum atomic E-state index is 6.80. The third-order valence-electron chi connectivity index (χ3n) is 0.587. The van der Waals surface area contributed by atoms with E-state index < -0.39 is 0 Å². The molecule has 0 amide bonds. The Balaban J connectivity index is 3.16. The van der Waals surface area contributed by atoms with Crippen LogP contribution in [0, 0.1) is 5.41 Å². The zero-order chi connectivity index (χ0) is 7.28. The molecule has 1 unspecified atom stereocenters. The second-order valence-corrected chi connectivity index (χ2v) is 3.41. The van der Waals surface area contributed by atoms with Crippen molar-refractivity contribution in [3.05, 3.63) is 0 Å². The van der Waals surface area contributed by atoms with E-state index in [0.717, 1.165) is 0 Å². The number of rotatable bonds is 3. The van der Waals surface area contributed by atoms with Crippen molar-refractivity contribution in [1.29, 1.82) is 5.41 Å². The predicted octanol–water partition coefficient (Wildman–Crippen LogP) is 1.46. The summed E-state index contributed by atoms with van der Waals surface area (Å²) in [5.74, 6) is 1.02. The van der Waals surface area contributed by atoms with Crippen molar-refractivity contribution in [2.75, 3.05) is 11.6 Å². The third kappa shape index (κ3) is 6.28. The maximum Gasteiger partial charge on any atom is 0.151 e. The zero-order valence-corrected chi connectivity index (χ0v) is 7.06. The van der Waals surface area contributed by atoms with Crippen LogP contribution < -0.4 is 5.73 Å². The van der Waals surface area contributed by atoms with Crippen LogP contribution >= 0.6 is 35.0 Å². The van der Waals surface area contributed by atoms with Gasteiger partial charge < -0.3 is 5.73 Å². The first-order valence-corrected chi connectivity index (χ1v) is 4.29. The molecule has 0 aliphatic rings. The lowest BCUT2D eigenvalue weighted by Crippen LogP contribution is -2.10. The number of amidine groups is 1. The molecule has 0 bridgehead atoms. The lowest BCUT2D eigenvalue weighted by atomic mass is 10.6. The van der Waals surface area contributed by atoms with Gasteiger partial charge in [-0.05, 0) is 0 Å². The molecule has 0 saturated heterocycles. The highest BCUT2D eigenvalue weighted by molar-refractivity contribution is 8.13. The molecule has 54 valence electrons. The summed E-state index contributed by atoms with van der Waals surface area (Å²) in [6.45, 7) is 0. The predicted molar refractivity (Wildman–Crippen MR) is 44.7 cm³/mol. The normalized spacial score (nSPS) is 13.1. The van der Waals surface area contributed by atoms with Crippen molar-refractivity contribution in [1.82, 2.24) is 0 Å². The highest BCUT2D eigenvalue weighted by atomic mass is 35.5. The van der Waals surface area contributed by atoms with Gasteiger partial charge in [-0.25, -0.2) is 0 Å². The largest absolute Gasteiger partial charge is 0.379 e. The summed E-state index contributed by atoms with van der Waals surface area (Å²) >= 11 is 12.2. The number of hydrogen-bond acceptors (Lipinski definition) is 2. The van der Waals surface area contributed by atoms with Gasteiger partial charge in [0.2, 0.25) is 0 Å². The molecule has 0 fully saturated rings. The quantitative estimate of drug-likeness (QED) is 0.399. The van der Waals surface area contributed by atoms with Crippen LogP contribution in [-0.4, -0.2) is 22.2 Å². The van der Waals surface area contributed by atoms with Crippen LogP contribution in [0.25, 0.3) is 0 Å². The highest BCUT2D eigenvalue weighted by Crippen LogP contribution is 2.07. The topological polar surface area (TPSA) is 49.9 Å². The standard InChI is InChI=1S/C4H8Cl2N2S/c5-1-3(6)2-9-4(7)8/h3H,1-2H2,(H3,7,8). The van der Waals surface area contributed by atoms with Gasteiger partial charge in [0.1, 0.15) is 0 Å². The van der Waals surface area contributed by atoms with Crippen molar-refractivity contribution in [2.24, 2.45) is 5.73 Å². The Morgan fingerprint density at radius 3 is 2.67 bits per heavy atom. The van der Waals surface area contributed by atoms with Gasteiger partial charge in [-0.3, -0.25) is 5.41 Å². The van der Waals surface area contributed by atoms with Crippen LogP contribution in [0.5, 0.6) is 0 Å². The fraction of sp³-hybridized carbons (Fsp3) is 0.750. The van der Waals surface area contributed by atoms with Gasteiger partial charge in [-0.2, -0.15) is 0 Å². The minimum absolute atomic E-state index is 0.0828. The van der Waals surface area contributed by atoms with Gasteiger partial charge in [-0.1, -0.05) is 11.8 Å².